The minimum absolute atomic E-state index is 0.147. The Morgan fingerprint density at radius 1 is 0.367 bits per heavy atom. The summed E-state index contributed by atoms with van der Waals surface area (Å²) in [5, 5.41) is 2.26. The third-order valence-corrected chi connectivity index (χ3v) is 12.7. The second-order valence-corrected chi connectivity index (χ2v) is 16.5. The van der Waals surface area contributed by atoms with Crippen molar-refractivity contribution in [3.8, 4) is 67.1 Å². The van der Waals surface area contributed by atoms with Crippen molar-refractivity contribution in [2.75, 3.05) is 4.90 Å². The zero-order valence-electron chi connectivity index (χ0n) is 33.3. The van der Waals surface area contributed by atoms with Gasteiger partial charge in [0.1, 0.15) is 22.7 Å². The standard InChI is InChI=1S/C57H39NO2/c1-57(2)51-21-10-8-17-45(51)46-30-28-40(34-52(46)57)58(39-26-23-37(24-27-39)42-19-12-20-49-47-18-9-11-22-53(47)60-56(42)49)41-29-31-48-43-15-6-7-16-44(43)50-33-38(36-13-4-3-5-14-36)25-32-54(50)59-55(48)35-41/h3-35H,1-2H3. The largest absolute Gasteiger partial charge is 0.456 e. The van der Waals surface area contributed by atoms with Gasteiger partial charge in [-0.2, -0.15) is 0 Å². The highest BCUT2D eigenvalue weighted by molar-refractivity contribution is 6.09. The van der Waals surface area contributed by atoms with Gasteiger partial charge in [0.05, 0.1) is 0 Å². The van der Waals surface area contributed by atoms with Crippen molar-refractivity contribution in [3.05, 3.63) is 211 Å². The normalized spacial score (nSPS) is 13.1. The number of hydrogen-bond donors (Lipinski definition) is 0. The zero-order chi connectivity index (χ0) is 40.0. The Kier molecular flexibility index (Phi) is 7.58. The van der Waals surface area contributed by atoms with Crippen LogP contribution in [-0.2, 0) is 5.41 Å². The van der Waals surface area contributed by atoms with Crippen LogP contribution < -0.4 is 9.64 Å². The van der Waals surface area contributed by atoms with Crippen molar-refractivity contribution in [2.24, 2.45) is 0 Å². The number of ether oxygens (including phenoxy) is 1. The maximum Gasteiger partial charge on any atom is 0.143 e. The third-order valence-electron chi connectivity index (χ3n) is 12.7. The first kappa shape index (κ1) is 34.4. The molecule has 0 fully saturated rings. The van der Waals surface area contributed by atoms with Gasteiger partial charge in [0.25, 0.3) is 0 Å². The molecule has 10 aromatic rings. The average molecular weight is 770 g/mol. The number of furan rings is 1. The lowest BCUT2D eigenvalue weighted by Crippen LogP contribution is -2.16. The highest BCUT2D eigenvalue weighted by atomic mass is 16.5. The van der Waals surface area contributed by atoms with Gasteiger partial charge in [-0.05, 0) is 105 Å². The molecule has 0 spiro atoms. The van der Waals surface area contributed by atoms with E-state index in [2.05, 4.69) is 207 Å². The van der Waals surface area contributed by atoms with E-state index in [1.807, 2.05) is 12.1 Å². The molecular weight excluding hydrogens is 731 g/mol. The van der Waals surface area contributed by atoms with Crippen LogP contribution in [0, 0.1) is 0 Å². The molecule has 0 saturated carbocycles. The molecule has 9 aromatic carbocycles. The number of nitrogens with zero attached hydrogens (tertiary/aromatic N) is 1. The predicted octanol–water partition coefficient (Wildman–Crippen LogP) is 16.1. The first-order valence-electron chi connectivity index (χ1n) is 20.7. The summed E-state index contributed by atoms with van der Waals surface area (Å²) in [5.74, 6) is 1.66. The first-order valence-corrected chi connectivity index (χ1v) is 20.7. The van der Waals surface area contributed by atoms with Crippen molar-refractivity contribution < 1.29 is 9.15 Å². The fourth-order valence-corrected chi connectivity index (χ4v) is 9.71. The van der Waals surface area contributed by atoms with E-state index in [4.69, 9.17) is 9.15 Å². The number of benzene rings is 9. The SMILES string of the molecule is CC1(C)c2ccccc2-c2ccc(N(c3ccc(-c4cccc5c4oc4ccccc45)cc3)c3ccc4c(c3)Oc3ccc(-c5ccccc5)cc3-c3ccccc3-4)cc21. The van der Waals surface area contributed by atoms with Gasteiger partial charge >= 0.3 is 0 Å². The van der Waals surface area contributed by atoms with E-state index in [0.29, 0.717) is 0 Å². The molecule has 12 rings (SSSR count). The number of anilines is 3. The van der Waals surface area contributed by atoms with Crippen LogP contribution in [0.2, 0.25) is 0 Å². The van der Waals surface area contributed by atoms with Gasteiger partial charge in [-0.3, -0.25) is 0 Å². The predicted molar refractivity (Wildman–Crippen MR) is 248 cm³/mol. The van der Waals surface area contributed by atoms with E-state index < -0.39 is 0 Å². The topological polar surface area (TPSA) is 25.6 Å². The van der Waals surface area contributed by atoms with Crippen LogP contribution in [0.4, 0.5) is 17.1 Å². The Bertz CT molecular complexity index is 3320. The smallest absolute Gasteiger partial charge is 0.143 e. The Hall–Kier alpha value is -7.62. The molecule has 60 heavy (non-hydrogen) atoms. The Morgan fingerprint density at radius 2 is 0.983 bits per heavy atom. The van der Waals surface area contributed by atoms with E-state index in [1.54, 1.807) is 0 Å². The molecule has 1 aromatic heterocycles. The fourth-order valence-electron chi connectivity index (χ4n) is 9.71. The second kappa shape index (κ2) is 13.2. The molecule has 0 atom stereocenters. The third kappa shape index (κ3) is 5.29. The van der Waals surface area contributed by atoms with Crippen molar-refractivity contribution >= 4 is 39.0 Å². The van der Waals surface area contributed by atoms with Crippen molar-refractivity contribution in [1.82, 2.24) is 0 Å². The molecule has 0 amide bonds. The summed E-state index contributed by atoms with van der Waals surface area (Å²) in [7, 11) is 0. The number of rotatable bonds is 5. The van der Waals surface area contributed by atoms with Gasteiger partial charge in [-0.1, -0.05) is 153 Å². The summed E-state index contributed by atoms with van der Waals surface area (Å²) < 4.78 is 13.5. The molecule has 0 unspecified atom stereocenters. The second-order valence-electron chi connectivity index (χ2n) is 16.5. The van der Waals surface area contributed by atoms with E-state index in [-0.39, 0.29) is 5.41 Å². The van der Waals surface area contributed by atoms with Crippen molar-refractivity contribution in [3.63, 3.8) is 0 Å². The van der Waals surface area contributed by atoms with E-state index in [0.717, 1.165) is 89.4 Å². The van der Waals surface area contributed by atoms with E-state index >= 15 is 0 Å². The van der Waals surface area contributed by atoms with Crippen LogP contribution in [0.25, 0.3) is 77.6 Å². The molecule has 284 valence electrons. The lowest BCUT2D eigenvalue weighted by Gasteiger charge is -2.29. The highest BCUT2D eigenvalue weighted by Gasteiger charge is 2.36. The van der Waals surface area contributed by atoms with Gasteiger partial charge in [0.15, 0.2) is 0 Å². The number of para-hydroxylation sites is 2. The summed E-state index contributed by atoms with van der Waals surface area (Å²) in [6.45, 7) is 4.68. The van der Waals surface area contributed by atoms with Crippen LogP contribution in [0.3, 0.4) is 0 Å². The quantitative estimate of drug-likeness (QED) is 0.174. The monoisotopic (exact) mass is 769 g/mol. The van der Waals surface area contributed by atoms with Crippen LogP contribution in [0.15, 0.2) is 205 Å². The summed E-state index contributed by atoms with van der Waals surface area (Å²) in [5.41, 5.74) is 19.0. The van der Waals surface area contributed by atoms with E-state index in [9.17, 15) is 0 Å². The molecular formula is C57H39NO2. The lowest BCUT2D eigenvalue weighted by molar-refractivity contribution is 0.488. The van der Waals surface area contributed by atoms with Gasteiger partial charge < -0.3 is 14.1 Å². The molecule has 0 saturated heterocycles. The van der Waals surface area contributed by atoms with Crippen molar-refractivity contribution in [2.45, 2.75) is 19.3 Å². The minimum atomic E-state index is -0.147. The molecule has 0 bridgehead atoms. The van der Waals surface area contributed by atoms with Crippen molar-refractivity contribution in [1.29, 1.82) is 0 Å². The fraction of sp³-hybridized carbons (Fsp3) is 0.0526. The molecule has 2 heterocycles. The van der Waals surface area contributed by atoms with Crippen LogP contribution >= 0.6 is 0 Å². The first-order chi connectivity index (χ1) is 29.5. The minimum Gasteiger partial charge on any atom is -0.456 e. The molecule has 1 aliphatic carbocycles. The Labute approximate surface area is 349 Å². The molecule has 1 aliphatic heterocycles. The Balaban J connectivity index is 1.01. The average Bonchev–Trinajstić information content (AvgIpc) is 3.74. The van der Waals surface area contributed by atoms with Gasteiger partial charge in [0.2, 0.25) is 0 Å². The van der Waals surface area contributed by atoms with Crippen LogP contribution in [0.1, 0.15) is 25.0 Å². The summed E-state index contributed by atoms with van der Waals surface area (Å²) in [6.07, 6.45) is 0. The summed E-state index contributed by atoms with van der Waals surface area (Å²) in [6, 6.07) is 71.8. The maximum absolute atomic E-state index is 6.99. The molecule has 0 radical (unpaired) electrons. The summed E-state index contributed by atoms with van der Waals surface area (Å²) in [4.78, 5) is 2.37. The number of fused-ring (bicyclic) bond motifs is 11. The van der Waals surface area contributed by atoms with Crippen LogP contribution in [-0.4, -0.2) is 0 Å². The molecule has 2 aliphatic rings. The van der Waals surface area contributed by atoms with Gasteiger partial charge in [-0.15, -0.1) is 0 Å². The molecule has 3 heteroatoms. The lowest BCUT2D eigenvalue weighted by atomic mass is 9.82. The van der Waals surface area contributed by atoms with Gasteiger partial charge in [-0.25, -0.2) is 0 Å². The van der Waals surface area contributed by atoms with Gasteiger partial charge in [0, 0.05) is 56.0 Å². The van der Waals surface area contributed by atoms with Crippen LogP contribution in [0.5, 0.6) is 11.5 Å². The molecule has 3 nitrogen and oxygen atoms in total. The summed E-state index contributed by atoms with van der Waals surface area (Å²) >= 11 is 0. The maximum atomic E-state index is 6.99. The Morgan fingerprint density at radius 3 is 1.82 bits per heavy atom. The zero-order valence-corrected chi connectivity index (χ0v) is 33.3. The molecule has 0 N–H and O–H groups in total. The number of hydrogen-bond acceptors (Lipinski definition) is 3. The van der Waals surface area contributed by atoms with E-state index in [1.165, 1.54) is 27.8 Å². The highest BCUT2D eigenvalue weighted by Crippen LogP contribution is 2.53.